The number of nitrogens with one attached hydrogen (secondary N) is 2. The maximum Gasteiger partial charge on any atom is 0.329 e. The second-order valence-corrected chi connectivity index (χ2v) is 5.61. The molecule has 112 valence electrons. The van der Waals surface area contributed by atoms with Crippen LogP contribution in [0.15, 0.2) is 29.2 Å². The minimum atomic E-state index is -3.54. The number of ether oxygens (including phenoxy) is 1. The first-order valence-electron chi connectivity index (χ1n) is 6.09. The van der Waals surface area contributed by atoms with E-state index >= 15 is 0 Å². The molecular weight excluding hydrogens is 284 g/mol. The van der Waals surface area contributed by atoms with Crippen LogP contribution in [0, 0.1) is 0 Å². The zero-order valence-corrected chi connectivity index (χ0v) is 11.9. The van der Waals surface area contributed by atoms with Crippen molar-refractivity contribution in [2.75, 3.05) is 31.6 Å². The lowest BCUT2D eigenvalue weighted by Crippen LogP contribution is -2.24. The molecule has 0 saturated heterocycles. The molecule has 0 aliphatic heterocycles. The lowest BCUT2D eigenvalue weighted by atomic mass is 10.3. The molecule has 0 spiro atoms. The van der Waals surface area contributed by atoms with Gasteiger partial charge in [-0.05, 0) is 12.1 Å². The first-order valence-corrected chi connectivity index (χ1v) is 7.57. The highest BCUT2D eigenvalue weighted by Gasteiger charge is 2.16. The number of carboxylic acid groups (broad SMARTS) is 1. The van der Waals surface area contributed by atoms with E-state index in [0.717, 1.165) is 0 Å². The van der Waals surface area contributed by atoms with Crippen LogP contribution in [0.4, 0.5) is 5.69 Å². The van der Waals surface area contributed by atoms with Crippen molar-refractivity contribution in [1.82, 2.24) is 4.72 Å². The molecule has 1 rings (SSSR count). The van der Waals surface area contributed by atoms with Crippen molar-refractivity contribution in [3.8, 4) is 0 Å². The van der Waals surface area contributed by atoms with Gasteiger partial charge in [0.1, 0.15) is 11.5 Å². The van der Waals surface area contributed by atoms with Crippen LogP contribution in [0.25, 0.3) is 0 Å². The van der Waals surface area contributed by atoms with Gasteiger partial charge < -0.3 is 15.2 Å². The fourth-order valence-electron chi connectivity index (χ4n) is 1.53. The molecule has 0 heterocycles. The van der Waals surface area contributed by atoms with Crippen molar-refractivity contribution in [1.29, 1.82) is 0 Å². The van der Waals surface area contributed by atoms with Crippen LogP contribution in [0.2, 0.25) is 0 Å². The summed E-state index contributed by atoms with van der Waals surface area (Å²) in [6, 6.07) is 6.49. The predicted molar refractivity (Wildman–Crippen MR) is 74.2 cm³/mol. The summed E-state index contributed by atoms with van der Waals surface area (Å²) in [4.78, 5) is 10.4. The lowest BCUT2D eigenvalue weighted by Gasteiger charge is -2.12. The van der Waals surface area contributed by atoms with Crippen LogP contribution in [-0.4, -0.2) is 45.8 Å². The zero-order valence-electron chi connectivity index (χ0n) is 11.1. The molecule has 0 amide bonds. The third kappa shape index (κ3) is 5.16. The maximum absolute atomic E-state index is 12.0. The molecule has 0 atom stereocenters. The molecule has 0 unspecified atom stereocenters. The molecule has 0 aliphatic carbocycles. The molecule has 0 fully saturated rings. The number of carboxylic acids is 1. The van der Waals surface area contributed by atoms with Crippen molar-refractivity contribution in [2.45, 2.75) is 11.8 Å². The summed E-state index contributed by atoms with van der Waals surface area (Å²) in [5, 5.41) is 11.3. The summed E-state index contributed by atoms with van der Waals surface area (Å²) in [5.41, 5.74) is 0.451. The van der Waals surface area contributed by atoms with Crippen molar-refractivity contribution < 1.29 is 23.1 Å². The summed E-state index contributed by atoms with van der Waals surface area (Å²) in [6.07, 6.45) is 0. The van der Waals surface area contributed by atoms with Crippen molar-refractivity contribution in [3.63, 3.8) is 0 Å². The highest BCUT2D eigenvalue weighted by Crippen LogP contribution is 2.20. The SMILES string of the molecule is CCNS(=O)(=O)c1ccccc1NCCOCC(=O)O. The van der Waals surface area contributed by atoms with Gasteiger partial charge in [0.2, 0.25) is 10.0 Å². The first kappa shape index (κ1) is 16.4. The molecule has 0 aliphatic rings. The Bertz CT molecular complexity index is 545. The van der Waals surface area contributed by atoms with Crippen LogP contribution < -0.4 is 10.0 Å². The normalized spacial score (nSPS) is 11.2. The Kier molecular flexibility index (Phi) is 6.43. The summed E-state index contributed by atoms with van der Waals surface area (Å²) >= 11 is 0. The first-order chi connectivity index (χ1) is 9.47. The number of hydrogen-bond donors (Lipinski definition) is 3. The largest absolute Gasteiger partial charge is 0.480 e. The van der Waals surface area contributed by atoms with E-state index in [-0.39, 0.29) is 18.1 Å². The van der Waals surface area contributed by atoms with E-state index < -0.39 is 16.0 Å². The molecule has 0 aromatic heterocycles. The molecular formula is C12H18N2O5S. The molecule has 7 nitrogen and oxygen atoms in total. The summed E-state index contributed by atoms with van der Waals surface area (Å²) in [5.74, 6) is -1.04. The standard InChI is InChI=1S/C12H18N2O5S/c1-2-14-20(17,18)11-6-4-3-5-10(11)13-7-8-19-9-12(15)16/h3-6,13-14H,2,7-9H2,1H3,(H,15,16). The van der Waals surface area contributed by atoms with Crippen LogP contribution in [0.5, 0.6) is 0 Å². The van der Waals surface area contributed by atoms with E-state index in [9.17, 15) is 13.2 Å². The number of hydrogen-bond acceptors (Lipinski definition) is 5. The average Bonchev–Trinajstić information content (AvgIpc) is 2.38. The number of benzene rings is 1. The van der Waals surface area contributed by atoms with E-state index in [1.807, 2.05) is 0 Å². The fraction of sp³-hybridized carbons (Fsp3) is 0.417. The van der Waals surface area contributed by atoms with Gasteiger partial charge in [0.15, 0.2) is 0 Å². The number of anilines is 1. The summed E-state index contributed by atoms with van der Waals surface area (Å²) in [7, 11) is -3.54. The number of rotatable bonds is 9. The Morgan fingerprint density at radius 3 is 2.70 bits per heavy atom. The molecule has 0 bridgehead atoms. The average molecular weight is 302 g/mol. The topological polar surface area (TPSA) is 105 Å². The molecule has 1 aromatic carbocycles. The maximum atomic E-state index is 12.0. The van der Waals surface area contributed by atoms with Crippen LogP contribution in [0.1, 0.15) is 6.92 Å². The summed E-state index contributed by atoms with van der Waals surface area (Å²) in [6.45, 7) is 2.11. The number of aliphatic carboxylic acids is 1. The number of sulfonamides is 1. The Balaban J connectivity index is 2.65. The Hall–Kier alpha value is -1.64. The molecule has 8 heteroatoms. The van der Waals surface area contributed by atoms with Gasteiger partial charge in [-0.15, -0.1) is 0 Å². The van der Waals surface area contributed by atoms with Crippen molar-refractivity contribution in [3.05, 3.63) is 24.3 Å². The van der Waals surface area contributed by atoms with E-state index in [0.29, 0.717) is 18.8 Å². The Morgan fingerprint density at radius 2 is 2.05 bits per heavy atom. The van der Waals surface area contributed by atoms with E-state index in [1.54, 1.807) is 25.1 Å². The van der Waals surface area contributed by atoms with Gasteiger partial charge in [0, 0.05) is 13.1 Å². The van der Waals surface area contributed by atoms with Crippen LogP contribution >= 0.6 is 0 Å². The van der Waals surface area contributed by atoms with E-state index in [2.05, 4.69) is 10.0 Å². The second-order valence-electron chi connectivity index (χ2n) is 3.87. The van der Waals surface area contributed by atoms with Crippen molar-refractivity contribution in [2.24, 2.45) is 0 Å². The molecule has 20 heavy (non-hydrogen) atoms. The van der Waals surface area contributed by atoms with Gasteiger partial charge in [-0.3, -0.25) is 0 Å². The highest BCUT2D eigenvalue weighted by atomic mass is 32.2. The molecule has 3 N–H and O–H groups in total. The monoisotopic (exact) mass is 302 g/mol. The Morgan fingerprint density at radius 1 is 1.35 bits per heavy atom. The number of para-hydroxylation sites is 1. The van der Waals surface area contributed by atoms with Gasteiger partial charge in [-0.25, -0.2) is 17.9 Å². The minimum absolute atomic E-state index is 0.153. The smallest absolute Gasteiger partial charge is 0.329 e. The van der Waals surface area contributed by atoms with Crippen LogP contribution in [-0.2, 0) is 19.6 Å². The van der Waals surface area contributed by atoms with Gasteiger partial charge in [0.05, 0.1) is 12.3 Å². The fourth-order valence-corrected chi connectivity index (χ4v) is 2.76. The highest BCUT2D eigenvalue weighted by molar-refractivity contribution is 7.89. The molecule has 0 saturated carbocycles. The predicted octanol–water partition coefficient (Wildman–Crippen LogP) is 0.498. The minimum Gasteiger partial charge on any atom is -0.480 e. The second kappa shape index (κ2) is 7.83. The van der Waals surface area contributed by atoms with Gasteiger partial charge in [0.25, 0.3) is 0 Å². The Labute approximate surface area is 118 Å². The van der Waals surface area contributed by atoms with Gasteiger partial charge in [-0.1, -0.05) is 19.1 Å². The van der Waals surface area contributed by atoms with E-state index in [1.165, 1.54) is 6.07 Å². The quantitative estimate of drug-likeness (QED) is 0.574. The van der Waals surface area contributed by atoms with Crippen molar-refractivity contribution >= 4 is 21.7 Å². The van der Waals surface area contributed by atoms with Gasteiger partial charge >= 0.3 is 5.97 Å². The summed E-state index contributed by atoms with van der Waals surface area (Å²) < 4.78 is 31.2. The number of carbonyl (C=O) groups is 1. The molecule has 1 aromatic rings. The third-order valence-corrected chi connectivity index (χ3v) is 3.90. The zero-order chi connectivity index (χ0) is 15.0. The lowest BCUT2D eigenvalue weighted by molar-refractivity contribution is -0.142. The third-order valence-electron chi connectivity index (χ3n) is 2.30. The van der Waals surface area contributed by atoms with E-state index in [4.69, 9.17) is 9.84 Å². The molecule has 0 radical (unpaired) electrons. The van der Waals surface area contributed by atoms with Gasteiger partial charge in [-0.2, -0.15) is 0 Å². The van der Waals surface area contributed by atoms with Crippen LogP contribution in [0.3, 0.4) is 0 Å².